The standard InChI is InChI=1S/C13H18BrF2NO/c1-12(2,3)17-7-13(4,18)10-9(15)6-5-8(14)11(10)16/h5-6,17-18H,7H2,1-4H3. The zero-order valence-corrected chi connectivity index (χ0v) is 12.5. The molecule has 1 aromatic rings. The monoisotopic (exact) mass is 321 g/mol. The van der Waals surface area contributed by atoms with E-state index in [4.69, 9.17) is 0 Å². The normalized spacial score (nSPS) is 15.6. The summed E-state index contributed by atoms with van der Waals surface area (Å²) >= 11 is 2.99. The third kappa shape index (κ3) is 3.73. The number of aliphatic hydroxyl groups is 1. The highest BCUT2D eigenvalue weighted by Gasteiger charge is 2.32. The van der Waals surface area contributed by atoms with E-state index in [0.29, 0.717) is 0 Å². The molecule has 1 rings (SSSR count). The van der Waals surface area contributed by atoms with Gasteiger partial charge in [-0.1, -0.05) is 0 Å². The number of hydrogen-bond donors (Lipinski definition) is 2. The molecule has 0 heterocycles. The van der Waals surface area contributed by atoms with Crippen LogP contribution in [-0.4, -0.2) is 17.2 Å². The van der Waals surface area contributed by atoms with Gasteiger partial charge in [-0.3, -0.25) is 0 Å². The van der Waals surface area contributed by atoms with Crippen molar-refractivity contribution in [2.75, 3.05) is 6.54 Å². The Labute approximate surface area is 115 Å². The number of hydrogen-bond acceptors (Lipinski definition) is 2. The van der Waals surface area contributed by atoms with Crippen molar-refractivity contribution < 1.29 is 13.9 Å². The summed E-state index contributed by atoms with van der Waals surface area (Å²) in [6.07, 6.45) is 0. The molecule has 0 saturated heterocycles. The van der Waals surface area contributed by atoms with E-state index in [1.54, 1.807) is 0 Å². The molecule has 0 fully saturated rings. The van der Waals surface area contributed by atoms with Gasteiger partial charge in [0, 0.05) is 12.1 Å². The maximum absolute atomic E-state index is 13.9. The fourth-order valence-corrected chi connectivity index (χ4v) is 1.88. The van der Waals surface area contributed by atoms with Crippen LogP contribution in [0.15, 0.2) is 16.6 Å². The Hall–Kier alpha value is -0.520. The van der Waals surface area contributed by atoms with Gasteiger partial charge in [-0.2, -0.15) is 0 Å². The van der Waals surface area contributed by atoms with Gasteiger partial charge < -0.3 is 10.4 Å². The van der Waals surface area contributed by atoms with Crippen LogP contribution in [0.1, 0.15) is 33.3 Å². The van der Waals surface area contributed by atoms with Crippen LogP contribution in [0.25, 0.3) is 0 Å². The first-order valence-corrected chi connectivity index (χ1v) is 6.45. The highest BCUT2D eigenvalue weighted by Crippen LogP contribution is 2.30. The van der Waals surface area contributed by atoms with Crippen molar-refractivity contribution in [2.24, 2.45) is 0 Å². The Morgan fingerprint density at radius 2 is 1.78 bits per heavy atom. The van der Waals surface area contributed by atoms with Gasteiger partial charge in [0.25, 0.3) is 0 Å². The van der Waals surface area contributed by atoms with E-state index >= 15 is 0 Å². The zero-order chi connectivity index (χ0) is 14.1. The van der Waals surface area contributed by atoms with Crippen LogP contribution in [0.3, 0.4) is 0 Å². The molecule has 1 atom stereocenters. The van der Waals surface area contributed by atoms with Crippen molar-refractivity contribution in [3.63, 3.8) is 0 Å². The molecule has 0 aliphatic heterocycles. The van der Waals surface area contributed by atoms with Crippen molar-refractivity contribution >= 4 is 15.9 Å². The minimum atomic E-state index is -1.62. The highest BCUT2D eigenvalue weighted by molar-refractivity contribution is 9.10. The molecule has 0 aromatic heterocycles. The molecule has 0 bridgehead atoms. The fraction of sp³-hybridized carbons (Fsp3) is 0.538. The highest BCUT2D eigenvalue weighted by atomic mass is 79.9. The lowest BCUT2D eigenvalue weighted by molar-refractivity contribution is 0.0426. The smallest absolute Gasteiger partial charge is 0.146 e. The van der Waals surface area contributed by atoms with E-state index in [1.165, 1.54) is 13.0 Å². The maximum atomic E-state index is 13.9. The van der Waals surface area contributed by atoms with Crippen LogP contribution >= 0.6 is 15.9 Å². The molecule has 0 amide bonds. The average molecular weight is 322 g/mol. The summed E-state index contributed by atoms with van der Waals surface area (Å²) in [4.78, 5) is 0. The average Bonchev–Trinajstić information content (AvgIpc) is 2.20. The molecule has 0 aliphatic rings. The lowest BCUT2D eigenvalue weighted by atomic mass is 9.93. The minimum absolute atomic E-state index is 0.0563. The Kier molecular flexibility index (Phi) is 4.51. The van der Waals surface area contributed by atoms with Crippen LogP contribution in [-0.2, 0) is 5.60 Å². The Morgan fingerprint density at radius 1 is 1.22 bits per heavy atom. The molecule has 2 N–H and O–H groups in total. The molecule has 0 radical (unpaired) electrons. The number of β-amino-alcohol motifs (C(OH)–C–C–N with tert-alkyl or cyclic N) is 1. The number of halogens is 3. The Morgan fingerprint density at radius 3 is 2.28 bits per heavy atom. The number of nitrogens with one attached hydrogen (secondary N) is 1. The van der Waals surface area contributed by atoms with Gasteiger partial charge in [0.1, 0.15) is 17.2 Å². The van der Waals surface area contributed by atoms with Crippen molar-refractivity contribution in [1.29, 1.82) is 0 Å². The Balaban J connectivity index is 3.08. The summed E-state index contributed by atoms with van der Waals surface area (Å²) in [5, 5.41) is 13.3. The fourth-order valence-electron chi connectivity index (χ4n) is 1.55. The van der Waals surface area contributed by atoms with E-state index in [-0.39, 0.29) is 22.1 Å². The lowest BCUT2D eigenvalue weighted by Crippen LogP contribution is -2.45. The molecule has 18 heavy (non-hydrogen) atoms. The summed E-state index contributed by atoms with van der Waals surface area (Å²) in [5.41, 5.74) is -2.19. The zero-order valence-electron chi connectivity index (χ0n) is 10.9. The summed E-state index contributed by atoms with van der Waals surface area (Å²) in [6, 6.07) is 2.41. The third-order valence-electron chi connectivity index (χ3n) is 2.55. The van der Waals surface area contributed by atoms with Crippen LogP contribution in [0.4, 0.5) is 8.78 Å². The summed E-state index contributed by atoms with van der Waals surface area (Å²) in [6.45, 7) is 7.19. The van der Waals surface area contributed by atoms with E-state index in [0.717, 1.165) is 6.07 Å². The van der Waals surface area contributed by atoms with Gasteiger partial charge in [-0.05, 0) is 55.8 Å². The summed E-state index contributed by atoms with van der Waals surface area (Å²) in [5.74, 6) is -1.52. The summed E-state index contributed by atoms with van der Waals surface area (Å²) < 4.78 is 27.7. The van der Waals surface area contributed by atoms with Crippen LogP contribution in [0.2, 0.25) is 0 Å². The van der Waals surface area contributed by atoms with Crippen molar-refractivity contribution in [2.45, 2.75) is 38.8 Å². The van der Waals surface area contributed by atoms with Gasteiger partial charge in [-0.15, -0.1) is 0 Å². The van der Waals surface area contributed by atoms with E-state index in [2.05, 4.69) is 21.2 Å². The molecule has 0 aliphatic carbocycles. The molecule has 2 nitrogen and oxygen atoms in total. The molecule has 0 spiro atoms. The molecule has 1 unspecified atom stereocenters. The van der Waals surface area contributed by atoms with Crippen LogP contribution < -0.4 is 5.32 Å². The van der Waals surface area contributed by atoms with E-state index in [9.17, 15) is 13.9 Å². The SMILES string of the molecule is CC(C)(C)NCC(C)(O)c1c(F)ccc(Br)c1F. The van der Waals surface area contributed by atoms with Gasteiger partial charge in [0.2, 0.25) is 0 Å². The predicted octanol–water partition coefficient (Wildman–Crippen LogP) is 3.32. The van der Waals surface area contributed by atoms with Crippen LogP contribution in [0, 0.1) is 11.6 Å². The number of rotatable bonds is 3. The second-order valence-corrected chi connectivity index (χ2v) is 6.45. The van der Waals surface area contributed by atoms with Gasteiger partial charge in [-0.25, -0.2) is 8.78 Å². The van der Waals surface area contributed by atoms with Crippen molar-refractivity contribution in [3.8, 4) is 0 Å². The molecular formula is C13H18BrF2NO. The van der Waals surface area contributed by atoms with Gasteiger partial charge in [0.05, 0.1) is 10.0 Å². The second kappa shape index (κ2) is 5.23. The lowest BCUT2D eigenvalue weighted by Gasteiger charge is -2.30. The van der Waals surface area contributed by atoms with Gasteiger partial charge in [0.15, 0.2) is 0 Å². The van der Waals surface area contributed by atoms with E-state index < -0.39 is 17.2 Å². The number of benzene rings is 1. The Bertz CT molecular complexity index is 441. The van der Waals surface area contributed by atoms with Crippen molar-refractivity contribution in [3.05, 3.63) is 33.8 Å². The minimum Gasteiger partial charge on any atom is -0.384 e. The van der Waals surface area contributed by atoms with E-state index in [1.807, 2.05) is 20.8 Å². The van der Waals surface area contributed by atoms with Crippen LogP contribution in [0.5, 0.6) is 0 Å². The van der Waals surface area contributed by atoms with Gasteiger partial charge >= 0.3 is 0 Å². The third-order valence-corrected chi connectivity index (χ3v) is 3.16. The molecular weight excluding hydrogens is 304 g/mol. The first-order chi connectivity index (χ1) is 8.04. The first-order valence-electron chi connectivity index (χ1n) is 5.66. The molecule has 1 aromatic carbocycles. The largest absolute Gasteiger partial charge is 0.384 e. The predicted molar refractivity (Wildman–Crippen MR) is 71.4 cm³/mol. The first kappa shape index (κ1) is 15.5. The molecule has 5 heteroatoms. The molecule has 102 valence electrons. The second-order valence-electron chi connectivity index (χ2n) is 5.60. The summed E-state index contributed by atoms with van der Waals surface area (Å²) in [7, 11) is 0. The van der Waals surface area contributed by atoms with Crippen molar-refractivity contribution in [1.82, 2.24) is 5.32 Å². The molecule has 0 saturated carbocycles. The quantitative estimate of drug-likeness (QED) is 0.837. The topological polar surface area (TPSA) is 32.3 Å². The maximum Gasteiger partial charge on any atom is 0.146 e.